The van der Waals surface area contributed by atoms with Crippen LogP contribution in [0.15, 0.2) is 4.99 Å². The van der Waals surface area contributed by atoms with Crippen LogP contribution in [-0.2, 0) is 6.42 Å². The Morgan fingerprint density at radius 2 is 2.00 bits per heavy atom. The van der Waals surface area contributed by atoms with Gasteiger partial charge in [0.1, 0.15) is 17.1 Å². The van der Waals surface area contributed by atoms with Crippen LogP contribution in [-0.4, -0.2) is 29.6 Å². The number of phenolic OH excluding ortho intramolecular Hbond substituents is 1. The van der Waals surface area contributed by atoms with E-state index in [1.54, 1.807) is 0 Å². The highest BCUT2D eigenvalue weighted by Crippen LogP contribution is 2.44. The van der Waals surface area contributed by atoms with Gasteiger partial charge in [0.2, 0.25) is 0 Å². The van der Waals surface area contributed by atoms with E-state index in [2.05, 4.69) is 17.2 Å². The van der Waals surface area contributed by atoms with E-state index in [4.69, 9.17) is 4.74 Å². The van der Waals surface area contributed by atoms with Crippen molar-refractivity contribution in [2.24, 2.45) is 4.99 Å². The van der Waals surface area contributed by atoms with E-state index in [9.17, 15) is 5.11 Å². The molecule has 4 nitrogen and oxygen atoms in total. The summed E-state index contributed by atoms with van der Waals surface area (Å²) in [6.07, 6.45) is 3.86. The molecular formula is C18H26N2O2. The van der Waals surface area contributed by atoms with Crippen molar-refractivity contribution < 1.29 is 9.84 Å². The Labute approximate surface area is 132 Å². The molecule has 0 aliphatic carbocycles. The van der Waals surface area contributed by atoms with E-state index in [1.165, 1.54) is 5.56 Å². The lowest BCUT2D eigenvalue weighted by molar-refractivity contribution is 0.0568. The minimum absolute atomic E-state index is 0.152. The maximum absolute atomic E-state index is 10.2. The lowest BCUT2D eigenvalue weighted by atomic mass is 9.85. The largest absolute Gasteiger partial charge is 0.507 e. The topological polar surface area (TPSA) is 53.9 Å². The molecule has 2 N–H and O–H groups in total. The Hall–Kier alpha value is -1.71. The fourth-order valence-electron chi connectivity index (χ4n) is 3.47. The lowest BCUT2D eigenvalue weighted by Gasteiger charge is -2.38. The maximum Gasteiger partial charge on any atom is 0.127 e. The molecule has 22 heavy (non-hydrogen) atoms. The first-order valence-corrected chi connectivity index (χ1v) is 8.19. The Kier molecular flexibility index (Phi) is 3.79. The van der Waals surface area contributed by atoms with Crippen LogP contribution in [0.1, 0.15) is 48.4 Å². The molecule has 3 rings (SSSR count). The van der Waals surface area contributed by atoms with E-state index >= 15 is 0 Å². The first kappa shape index (κ1) is 15.2. The van der Waals surface area contributed by atoms with E-state index in [-0.39, 0.29) is 5.60 Å². The third-order valence-corrected chi connectivity index (χ3v) is 5.23. The van der Waals surface area contributed by atoms with Crippen LogP contribution in [0.2, 0.25) is 0 Å². The maximum atomic E-state index is 10.2. The Morgan fingerprint density at radius 1 is 1.23 bits per heavy atom. The molecule has 2 aliphatic rings. The molecule has 0 bridgehead atoms. The fourth-order valence-corrected chi connectivity index (χ4v) is 3.47. The molecule has 1 unspecified atom stereocenters. The molecule has 2 aliphatic heterocycles. The summed E-state index contributed by atoms with van der Waals surface area (Å²) in [7, 11) is 0. The molecular weight excluding hydrogens is 276 g/mol. The monoisotopic (exact) mass is 302 g/mol. The molecule has 0 aromatic heterocycles. The second-order valence-corrected chi connectivity index (χ2v) is 6.84. The van der Waals surface area contributed by atoms with Gasteiger partial charge in [-0.3, -0.25) is 4.99 Å². The van der Waals surface area contributed by atoms with Crippen molar-refractivity contribution in [3.63, 3.8) is 0 Å². The van der Waals surface area contributed by atoms with Crippen molar-refractivity contribution >= 4 is 5.84 Å². The zero-order valence-corrected chi connectivity index (χ0v) is 14.0. The van der Waals surface area contributed by atoms with Crippen molar-refractivity contribution in [1.29, 1.82) is 0 Å². The van der Waals surface area contributed by atoms with Crippen LogP contribution in [0, 0.1) is 20.8 Å². The summed E-state index contributed by atoms with van der Waals surface area (Å²) in [5, 5.41) is 13.6. The molecule has 1 aromatic rings. The highest BCUT2D eigenvalue weighted by atomic mass is 16.5. The molecule has 0 saturated carbocycles. The first-order chi connectivity index (χ1) is 10.4. The van der Waals surface area contributed by atoms with Gasteiger partial charge in [-0.15, -0.1) is 0 Å². The zero-order valence-electron chi connectivity index (χ0n) is 14.0. The molecule has 0 radical (unpaired) electrons. The van der Waals surface area contributed by atoms with Crippen LogP contribution in [0.5, 0.6) is 11.5 Å². The highest BCUT2D eigenvalue weighted by molar-refractivity contribution is 5.83. The van der Waals surface area contributed by atoms with Gasteiger partial charge < -0.3 is 15.2 Å². The fraction of sp³-hybridized carbons (Fsp3) is 0.611. The number of amidine groups is 1. The van der Waals surface area contributed by atoms with Crippen LogP contribution in [0.4, 0.5) is 0 Å². The Morgan fingerprint density at radius 3 is 2.68 bits per heavy atom. The minimum atomic E-state index is -0.152. The molecule has 120 valence electrons. The predicted molar refractivity (Wildman–Crippen MR) is 89.2 cm³/mol. The summed E-state index contributed by atoms with van der Waals surface area (Å²) >= 11 is 0. The SMILES string of the molecule is Cc1c(C)c2c(c(C)c1O)CCC(C)(CCC1=NCCN1)O2. The van der Waals surface area contributed by atoms with Crippen molar-refractivity contribution in [3.8, 4) is 11.5 Å². The van der Waals surface area contributed by atoms with E-state index in [1.807, 2.05) is 20.8 Å². The number of hydrogen-bond acceptors (Lipinski definition) is 4. The van der Waals surface area contributed by atoms with Crippen molar-refractivity contribution in [2.45, 2.75) is 59.0 Å². The average molecular weight is 302 g/mol. The summed E-state index contributed by atoms with van der Waals surface area (Å²) in [6.45, 7) is 10.1. The summed E-state index contributed by atoms with van der Waals surface area (Å²) in [6, 6.07) is 0. The number of benzene rings is 1. The number of rotatable bonds is 3. The number of nitrogens with zero attached hydrogens (tertiary/aromatic N) is 1. The summed E-state index contributed by atoms with van der Waals surface area (Å²) in [5.74, 6) is 2.53. The second-order valence-electron chi connectivity index (χ2n) is 6.84. The number of ether oxygens (including phenoxy) is 1. The smallest absolute Gasteiger partial charge is 0.127 e. The van der Waals surface area contributed by atoms with E-state index < -0.39 is 0 Å². The highest BCUT2D eigenvalue weighted by Gasteiger charge is 2.34. The number of aromatic hydroxyl groups is 1. The van der Waals surface area contributed by atoms with Gasteiger partial charge in [0.25, 0.3) is 0 Å². The van der Waals surface area contributed by atoms with E-state index in [0.29, 0.717) is 5.75 Å². The van der Waals surface area contributed by atoms with E-state index in [0.717, 1.165) is 67.0 Å². The third-order valence-electron chi connectivity index (χ3n) is 5.23. The molecule has 0 fully saturated rings. The molecule has 0 amide bonds. The van der Waals surface area contributed by atoms with Gasteiger partial charge in [-0.1, -0.05) is 0 Å². The summed E-state index contributed by atoms with van der Waals surface area (Å²) < 4.78 is 6.43. The Bertz CT molecular complexity index is 637. The van der Waals surface area contributed by atoms with Crippen LogP contribution < -0.4 is 10.1 Å². The lowest BCUT2D eigenvalue weighted by Crippen LogP contribution is -2.38. The van der Waals surface area contributed by atoms with Gasteiger partial charge in [0, 0.05) is 18.5 Å². The molecule has 4 heteroatoms. The van der Waals surface area contributed by atoms with Gasteiger partial charge >= 0.3 is 0 Å². The zero-order chi connectivity index (χ0) is 15.9. The standard InChI is InChI=1S/C18H26N2O2/c1-11-12(2)17-14(13(3)16(11)21)5-7-18(4,22-17)8-6-15-19-9-10-20-15/h21H,5-10H2,1-4H3,(H,19,20). The normalized spacial score (nSPS) is 23.5. The molecule has 0 spiro atoms. The Balaban J connectivity index is 1.83. The van der Waals surface area contributed by atoms with Crippen LogP contribution >= 0.6 is 0 Å². The van der Waals surface area contributed by atoms with Gasteiger partial charge in [0.05, 0.1) is 12.4 Å². The average Bonchev–Trinajstić information content (AvgIpc) is 3.02. The number of nitrogens with one attached hydrogen (secondary N) is 1. The molecule has 0 saturated heterocycles. The van der Waals surface area contributed by atoms with Crippen LogP contribution in [0.3, 0.4) is 0 Å². The first-order valence-electron chi connectivity index (χ1n) is 8.19. The van der Waals surface area contributed by atoms with Gasteiger partial charge in [-0.2, -0.15) is 0 Å². The van der Waals surface area contributed by atoms with Gasteiger partial charge in [-0.05, 0) is 63.6 Å². The number of phenols is 1. The van der Waals surface area contributed by atoms with Crippen molar-refractivity contribution in [1.82, 2.24) is 5.32 Å². The quantitative estimate of drug-likeness (QED) is 0.901. The molecule has 1 aromatic carbocycles. The molecule has 1 atom stereocenters. The summed E-state index contributed by atoms with van der Waals surface area (Å²) in [4.78, 5) is 4.47. The van der Waals surface area contributed by atoms with Crippen molar-refractivity contribution in [2.75, 3.05) is 13.1 Å². The predicted octanol–water partition coefficient (Wildman–Crippen LogP) is 3.18. The number of fused-ring (bicyclic) bond motifs is 1. The minimum Gasteiger partial charge on any atom is -0.507 e. The second kappa shape index (κ2) is 5.49. The van der Waals surface area contributed by atoms with Gasteiger partial charge in [-0.25, -0.2) is 0 Å². The summed E-state index contributed by atoms with van der Waals surface area (Å²) in [5.41, 5.74) is 4.00. The molecule has 2 heterocycles. The van der Waals surface area contributed by atoms with Crippen LogP contribution in [0.25, 0.3) is 0 Å². The number of hydrogen-bond donors (Lipinski definition) is 2. The number of aliphatic imine (C=N–C) groups is 1. The van der Waals surface area contributed by atoms with Gasteiger partial charge in [0.15, 0.2) is 0 Å². The van der Waals surface area contributed by atoms with Crippen molar-refractivity contribution in [3.05, 3.63) is 22.3 Å². The third kappa shape index (κ3) is 2.55.